The fourth-order valence-corrected chi connectivity index (χ4v) is 5.69. The summed E-state index contributed by atoms with van der Waals surface area (Å²) in [4.78, 5) is 6.54. The maximum absolute atomic E-state index is 14.2. The summed E-state index contributed by atoms with van der Waals surface area (Å²) in [6.45, 7) is 0.668. The van der Waals surface area contributed by atoms with Crippen molar-refractivity contribution in [3.05, 3.63) is 74.1 Å². The first-order valence-corrected chi connectivity index (χ1v) is 12.9. The Kier molecular flexibility index (Phi) is 7.91. The summed E-state index contributed by atoms with van der Waals surface area (Å²) >= 11 is 1.41. The lowest BCUT2D eigenvalue weighted by Crippen LogP contribution is -2.31. The molecule has 39 heavy (non-hydrogen) atoms. The highest BCUT2D eigenvalue weighted by Gasteiger charge is 2.30. The van der Waals surface area contributed by atoms with Gasteiger partial charge in [0.1, 0.15) is 17.6 Å². The highest BCUT2D eigenvalue weighted by molar-refractivity contribution is 7.09. The van der Waals surface area contributed by atoms with Crippen LogP contribution in [0.1, 0.15) is 71.0 Å². The summed E-state index contributed by atoms with van der Waals surface area (Å²) in [6, 6.07) is 0.687. The van der Waals surface area contributed by atoms with Gasteiger partial charge in [0.2, 0.25) is 0 Å². The quantitative estimate of drug-likeness (QED) is 0.215. The number of fused-ring (bicyclic) bond motifs is 1. The number of aromatic nitrogens is 3. The summed E-state index contributed by atoms with van der Waals surface area (Å²) in [7, 11) is 0. The predicted octanol–water partition coefficient (Wildman–Crippen LogP) is 5.97. The Bertz CT molecular complexity index is 1330. The van der Waals surface area contributed by atoms with Crippen molar-refractivity contribution < 1.29 is 35.1 Å². The molecule has 0 radical (unpaired) electrons. The molecule has 2 aliphatic heterocycles. The van der Waals surface area contributed by atoms with Crippen LogP contribution in [0.2, 0.25) is 0 Å². The molecule has 4 heterocycles. The fraction of sp³-hybridized carbons (Fsp3) is 0.417. The molecule has 2 aliphatic rings. The number of piperidine rings is 1. The van der Waals surface area contributed by atoms with Crippen LogP contribution in [-0.2, 0) is 13.1 Å². The van der Waals surface area contributed by atoms with E-state index < -0.39 is 53.7 Å². The third-order valence-electron chi connectivity index (χ3n) is 6.80. The van der Waals surface area contributed by atoms with E-state index in [0.717, 1.165) is 9.69 Å². The molecule has 210 valence electrons. The minimum absolute atomic E-state index is 0.0984. The van der Waals surface area contributed by atoms with Crippen LogP contribution in [0.3, 0.4) is 0 Å². The van der Waals surface area contributed by atoms with Crippen molar-refractivity contribution in [3.63, 3.8) is 0 Å². The molecule has 2 aromatic heterocycles. The minimum atomic E-state index is -2.96. The van der Waals surface area contributed by atoms with Crippen LogP contribution in [0.4, 0.5) is 35.1 Å². The van der Waals surface area contributed by atoms with E-state index in [1.807, 2.05) is 4.90 Å². The molecule has 0 spiro atoms. The molecule has 3 aromatic rings. The summed E-state index contributed by atoms with van der Waals surface area (Å²) in [6.07, 6.45) is -2.36. The van der Waals surface area contributed by atoms with Crippen molar-refractivity contribution in [2.75, 3.05) is 13.1 Å². The van der Waals surface area contributed by atoms with Gasteiger partial charge in [-0.1, -0.05) is 0 Å². The molecule has 15 heteroatoms. The minimum Gasteiger partial charge on any atom is -0.376 e. The van der Waals surface area contributed by atoms with Crippen LogP contribution in [0.25, 0.3) is 6.20 Å². The second kappa shape index (κ2) is 11.2. The summed E-state index contributed by atoms with van der Waals surface area (Å²) in [5, 5.41) is 12.1. The smallest absolute Gasteiger partial charge is 0.282 e. The molecule has 0 saturated carbocycles. The van der Waals surface area contributed by atoms with Gasteiger partial charge in [0.25, 0.3) is 12.9 Å². The van der Waals surface area contributed by atoms with Gasteiger partial charge < -0.3 is 4.90 Å². The predicted molar refractivity (Wildman–Crippen MR) is 126 cm³/mol. The monoisotopic (exact) mass is 578 g/mol. The number of hydrogen-bond donors (Lipinski definition) is 2. The lowest BCUT2D eigenvalue weighted by Gasteiger charge is -2.30. The Morgan fingerprint density at radius 2 is 1.49 bits per heavy atom. The Labute approximate surface area is 221 Å². The third-order valence-corrected chi connectivity index (χ3v) is 7.83. The highest BCUT2D eigenvalue weighted by atomic mass is 32.1. The molecule has 0 aliphatic carbocycles. The number of benzene rings is 1. The van der Waals surface area contributed by atoms with E-state index in [4.69, 9.17) is 0 Å². The average Bonchev–Trinajstić information content (AvgIpc) is 3.53. The number of nitrogens with zero attached hydrogens (tertiary/aromatic N) is 4. The maximum atomic E-state index is 14.2. The second-order valence-corrected chi connectivity index (χ2v) is 10.1. The zero-order chi connectivity index (χ0) is 27.8. The topological polar surface area (TPSA) is 58.0 Å². The number of likely N-dealkylation sites (tertiary alicyclic amines) is 1. The molecular weight excluding hydrogens is 556 g/mol. The lowest BCUT2D eigenvalue weighted by atomic mass is 9.98. The van der Waals surface area contributed by atoms with E-state index in [1.165, 1.54) is 17.5 Å². The average molecular weight is 579 g/mol. The van der Waals surface area contributed by atoms with Gasteiger partial charge in [0, 0.05) is 61.0 Å². The van der Waals surface area contributed by atoms with E-state index in [2.05, 4.69) is 20.7 Å². The number of nitrogens with one attached hydrogen (secondary N) is 2. The zero-order valence-corrected chi connectivity index (χ0v) is 20.9. The molecule has 5 rings (SSSR count). The fourth-order valence-electron chi connectivity index (χ4n) is 4.67. The van der Waals surface area contributed by atoms with E-state index in [-0.39, 0.29) is 30.1 Å². The van der Waals surface area contributed by atoms with Gasteiger partial charge in [-0.05, 0) is 18.9 Å². The number of thiazole rings is 1. The van der Waals surface area contributed by atoms with Gasteiger partial charge in [-0.25, -0.2) is 44.8 Å². The van der Waals surface area contributed by atoms with Crippen molar-refractivity contribution in [1.29, 1.82) is 0 Å². The Morgan fingerprint density at radius 3 is 2.05 bits per heavy atom. The first-order valence-electron chi connectivity index (χ1n) is 12.0. The summed E-state index contributed by atoms with van der Waals surface area (Å²) < 4.78 is 109. The number of rotatable bonds is 6. The molecule has 0 amide bonds. The van der Waals surface area contributed by atoms with Gasteiger partial charge in [-0.15, -0.1) is 11.3 Å². The molecule has 0 bridgehead atoms. The Balaban J connectivity index is 1.20. The Morgan fingerprint density at radius 1 is 0.872 bits per heavy atom. The van der Waals surface area contributed by atoms with Crippen molar-refractivity contribution in [3.8, 4) is 0 Å². The summed E-state index contributed by atoms with van der Waals surface area (Å²) in [5.41, 5.74) is -1.32. The van der Waals surface area contributed by atoms with Gasteiger partial charge in [0.15, 0.2) is 23.3 Å². The molecule has 0 unspecified atom stereocenters. The molecular formula is C24H22F8N6S. The molecule has 0 atom stereocenters. The van der Waals surface area contributed by atoms with Crippen LogP contribution < -0.4 is 10.6 Å². The molecule has 2 N–H and O–H groups in total. The van der Waals surface area contributed by atoms with E-state index in [9.17, 15) is 35.1 Å². The molecule has 1 saturated heterocycles. The lowest BCUT2D eigenvalue weighted by molar-refractivity contribution is 0.143. The zero-order valence-electron chi connectivity index (χ0n) is 20.1. The van der Waals surface area contributed by atoms with E-state index >= 15 is 0 Å². The normalized spacial score (nSPS) is 17.5. The van der Waals surface area contributed by atoms with E-state index in [1.54, 1.807) is 11.6 Å². The standard InChI is InChI=1S/C24H22F8N6S/c25-17-12-8-33-23(34-9-13(12)18(26)20(28)19(17)27)15-10-39-24(35-15)11-1-3-37(4-2-11)5-6-38-16(22(31)32)7-14(36-38)21(29)30/h5-7,10-11,21-23,33-34H,1-4,8-9H2. The van der Waals surface area contributed by atoms with Gasteiger partial charge >= 0.3 is 0 Å². The van der Waals surface area contributed by atoms with Crippen LogP contribution >= 0.6 is 11.3 Å². The maximum Gasteiger partial charge on any atom is 0.282 e. The number of hydrogen-bond acceptors (Lipinski definition) is 6. The second-order valence-electron chi connectivity index (χ2n) is 9.17. The van der Waals surface area contributed by atoms with Crippen LogP contribution in [0.15, 0.2) is 17.6 Å². The number of alkyl halides is 4. The number of halogens is 8. The van der Waals surface area contributed by atoms with Crippen molar-refractivity contribution in [1.82, 2.24) is 30.3 Å². The molecule has 6 nitrogen and oxygen atoms in total. The largest absolute Gasteiger partial charge is 0.376 e. The highest BCUT2D eigenvalue weighted by Crippen LogP contribution is 2.33. The molecule has 1 aromatic carbocycles. The van der Waals surface area contributed by atoms with Gasteiger partial charge in [-0.3, -0.25) is 10.6 Å². The SMILES string of the molecule is Fc1c(F)c(F)c2c(c1F)CNC(c1csc(C3CCN(C=Cn4nc(C(F)F)cc4C(F)F)CC3)n1)NC2. The molecule has 1 fully saturated rings. The van der Waals surface area contributed by atoms with E-state index in [0.29, 0.717) is 37.7 Å². The third kappa shape index (κ3) is 5.52. The van der Waals surface area contributed by atoms with Crippen LogP contribution in [-0.4, -0.2) is 32.8 Å². The van der Waals surface area contributed by atoms with Gasteiger partial charge in [0.05, 0.1) is 10.7 Å². The van der Waals surface area contributed by atoms with Crippen molar-refractivity contribution in [2.24, 2.45) is 0 Å². The first-order chi connectivity index (χ1) is 18.6. The van der Waals surface area contributed by atoms with Crippen LogP contribution in [0.5, 0.6) is 0 Å². The van der Waals surface area contributed by atoms with Crippen LogP contribution in [0, 0.1) is 23.3 Å². The first kappa shape index (κ1) is 27.5. The van der Waals surface area contributed by atoms with Gasteiger partial charge in [-0.2, -0.15) is 5.10 Å². The summed E-state index contributed by atoms with van der Waals surface area (Å²) in [5.74, 6) is -6.44. The van der Waals surface area contributed by atoms with Crippen molar-refractivity contribution in [2.45, 2.75) is 50.9 Å². The Hall–Kier alpha value is -3.04. The van der Waals surface area contributed by atoms with Crippen molar-refractivity contribution >= 4 is 17.5 Å².